The van der Waals surface area contributed by atoms with Crippen LogP contribution >= 0.6 is 11.6 Å². The highest BCUT2D eigenvalue weighted by atomic mass is 35.5. The van der Waals surface area contributed by atoms with Gasteiger partial charge in [0.2, 0.25) is 0 Å². The summed E-state index contributed by atoms with van der Waals surface area (Å²) >= 11 is 5.98. The second-order valence-corrected chi connectivity index (χ2v) is 5.82. The molecule has 0 aliphatic carbocycles. The van der Waals surface area contributed by atoms with Crippen molar-refractivity contribution in [1.29, 1.82) is 0 Å². The van der Waals surface area contributed by atoms with E-state index in [-0.39, 0.29) is 5.92 Å². The van der Waals surface area contributed by atoms with Crippen LogP contribution in [0.2, 0.25) is 5.02 Å². The van der Waals surface area contributed by atoms with E-state index < -0.39 is 5.97 Å². The minimum Gasteiger partial charge on any atom is -0.481 e. The van der Waals surface area contributed by atoms with Gasteiger partial charge in [0.05, 0.1) is 11.6 Å². The Labute approximate surface area is 133 Å². The number of carbonyl (C=O) groups is 1. The molecule has 6 heteroatoms. The van der Waals surface area contributed by atoms with Crippen molar-refractivity contribution in [3.8, 4) is 11.3 Å². The highest BCUT2D eigenvalue weighted by Gasteiger charge is 2.25. The third-order valence-electron chi connectivity index (χ3n) is 3.94. The fraction of sp³-hybridized carbons (Fsp3) is 0.312. The molecule has 1 N–H and O–H groups in total. The van der Waals surface area contributed by atoms with Gasteiger partial charge in [-0.3, -0.25) is 4.79 Å². The number of hydrogen-bond acceptors (Lipinski definition) is 4. The summed E-state index contributed by atoms with van der Waals surface area (Å²) in [7, 11) is 0. The first-order chi connectivity index (χ1) is 10.6. The number of piperidine rings is 1. The van der Waals surface area contributed by atoms with Crippen LogP contribution in [0.25, 0.3) is 11.3 Å². The molecule has 1 saturated heterocycles. The monoisotopic (exact) mass is 317 g/mol. The SMILES string of the molecule is O=C(O)C1CCN(c2ccc(-c3cccc(Cl)c3)nn2)CC1. The maximum atomic E-state index is 11.0. The molecule has 0 bridgehead atoms. The van der Waals surface area contributed by atoms with Crippen molar-refractivity contribution >= 4 is 23.4 Å². The summed E-state index contributed by atoms with van der Waals surface area (Å²) in [5.41, 5.74) is 1.70. The second-order valence-electron chi connectivity index (χ2n) is 5.39. The number of benzene rings is 1. The molecule has 5 nitrogen and oxygen atoms in total. The molecular formula is C16H16ClN3O2. The Morgan fingerprint density at radius 1 is 1.18 bits per heavy atom. The van der Waals surface area contributed by atoms with Crippen molar-refractivity contribution in [1.82, 2.24) is 10.2 Å². The summed E-state index contributed by atoms with van der Waals surface area (Å²) < 4.78 is 0. The predicted octanol–water partition coefficient (Wildman–Crippen LogP) is 3.10. The van der Waals surface area contributed by atoms with E-state index >= 15 is 0 Å². The first-order valence-electron chi connectivity index (χ1n) is 7.21. The van der Waals surface area contributed by atoms with Gasteiger partial charge in [-0.1, -0.05) is 23.7 Å². The Hall–Kier alpha value is -2.14. The van der Waals surface area contributed by atoms with E-state index in [1.807, 2.05) is 36.4 Å². The molecule has 0 amide bonds. The fourth-order valence-electron chi connectivity index (χ4n) is 2.65. The quantitative estimate of drug-likeness (QED) is 0.942. The number of nitrogens with zero attached hydrogens (tertiary/aromatic N) is 3. The maximum Gasteiger partial charge on any atom is 0.306 e. The summed E-state index contributed by atoms with van der Waals surface area (Å²) in [6, 6.07) is 11.3. The molecule has 0 atom stereocenters. The summed E-state index contributed by atoms with van der Waals surface area (Å²) in [5, 5.41) is 18.2. The molecule has 1 aromatic heterocycles. The zero-order valence-electron chi connectivity index (χ0n) is 11.9. The highest BCUT2D eigenvalue weighted by Crippen LogP contribution is 2.24. The molecule has 1 aromatic carbocycles. The van der Waals surface area contributed by atoms with Crippen LogP contribution < -0.4 is 4.90 Å². The molecule has 22 heavy (non-hydrogen) atoms. The van der Waals surface area contributed by atoms with Crippen molar-refractivity contribution in [2.75, 3.05) is 18.0 Å². The zero-order chi connectivity index (χ0) is 15.5. The van der Waals surface area contributed by atoms with Crippen LogP contribution in [0.15, 0.2) is 36.4 Å². The van der Waals surface area contributed by atoms with E-state index in [0.717, 1.165) is 17.1 Å². The van der Waals surface area contributed by atoms with Gasteiger partial charge in [0.1, 0.15) is 0 Å². The van der Waals surface area contributed by atoms with Gasteiger partial charge < -0.3 is 10.0 Å². The minimum atomic E-state index is -0.706. The molecule has 1 aliphatic heterocycles. The van der Waals surface area contributed by atoms with Crippen LogP contribution in [0.1, 0.15) is 12.8 Å². The van der Waals surface area contributed by atoms with E-state index in [9.17, 15) is 4.79 Å². The van der Waals surface area contributed by atoms with Crippen LogP contribution in [0.5, 0.6) is 0 Å². The van der Waals surface area contributed by atoms with E-state index in [1.54, 1.807) is 0 Å². The Morgan fingerprint density at radius 3 is 2.55 bits per heavy atom. The largest absolute Gasteiger partial charge is 0.481 e. The molecule has 2 aromatic rings. The number of hydrogen-bond donors (Lipinski definition) is 1. The molecule has 1 fully saturated rings. The summed E-state index contributed by atoms with van der Waals surface area (Å²) in [4.78, 5) is 13.0. The Bertz CT molecular complexity index is 667. The predicted molar refractivity (Wildman–Crippen MR) is 85.1 cm³/mol. The smallest absolute Gasteiger partial charge is 0.306 e. The van der Waals surface area contributed by atoms with Gasteiger partial charge >= 0.3 is 5.97 Å². The Balaban J connectivity index is 1.71. The van der Waals surface area contributed by atoms with Crippen molar-refractivity contribution in [3.05, 3.63) is 41.4 Å². The lowest BCUT2D eigenvalue weighted by Crippen LogP contribution is -2.36. The van der Waals surface area contributed by atoms with Gasteiger partial charge in [-0.15, -0.1) is 10.2 Å². The normalized spacial score (nSPS) is 15.8. The van der Waals surface area contributed by atoms with Crippen LogP contribution in [-0.2, 0) is 4.79 Å². The lowest BCUT2D eigenvalue weighted by molar-refractivity contribution is -0.142. The van der Waals surface area contributed by atoms with Gasteiger partial charge in [0.15, 0.2) is 5.82 Å². The van der Waals surface area contributed by atoms with Crippen molar-refractivity contribution in [3.63, 3.8) is 0 Å². The fourth-order valence-corrected chi connectivity index (χ4v) is 2.84. The topological polar surface area (TPSA) is 66.3 Å². The number of carboxylic acid groups (broad SMARTS) is 1. The molecule has 0 unspecified atom stereocenters. The lowest BCUT2D eigenvalue weighted by atomic mass is 9.97. The number of rotatable bonds is 3. The number of aromatic nitrogens is 2. The van der Waals surface area contributed by atoms with Gasteiger partial charge in [0, 0.05) is 23.7 Å². The van der Waals surface area contributed by atoms with Gasteiger partial charge in [-0.2, -0.15) is 0 Å². The van der Waals surface area contributed by atoms with Crippen molar-refractivity contribution < 1.29 is 9.90 Å². The summed E-state index contributed by atoms with van der Waals surface area (Å²) in [6.45, 7) is 1.39. The first-order valence-corrected chi connectivity index (χ1v) is 7.59. The number of carboxylic acids is 1. The Morgan fingerprint density at radius 2 is 1.95 bits per heavy atom. The standard InChI is InChI=1S/C16H16ClN3O2/c17-13-3-1-2-12(10-13)14-4-5-15(19-18-14)20-8-6-11(7-9-20)16(21)22/h1-5,10-11H,6-9H2,(H,21,22). The van der Waals surface area contributed by atoms with E-state index in [2.05, 4.69) is 15.1 Å². The number of halogens is 1. The molecular weight excluding hydrogens is 302 g/mol. The van der Waals surface area contributed by atoms with Crippen molar-refractivity contribution in [2.45, 2.75) is 12.8 Å². The van der Waals surface area contributed by atoms with E-state index in [4.69, 9.17) is 16.7 Å². The van der Waals surface area contributed by atoms with Crippen LogP contribution in [0.3, 0.4) is 0 Å². The van der Waals surface area contributed by atoms with Crippen LogP contribution in [0.4, 0.5) is 5.82 Å². The molecule has 0 spiro atoms. The van der Waals surface area contributed by atoms with Gasteiger partial charge in [-0.25, -0.2) is 0 Å². The second kappa shape index (κ2) is 6.32. The lowest BCUT2D eigenvalue weighted by Gasteiger charge is -2.30. The third kappa shape index (κ3) is 3.20. The molecule has 3 rings (SSSR count). The molecule has 0 saturated carbocycles. The third-order valence-corrected chi connectivity index (χ3v) is 4.17. The average Bonchev–Trinajstić information content (AvgIpc) is 2.55. The zero-order valence-corrected chi connectivity index (χ0v) is 12.7. The molecule has 114 valence electrons. The van der Waals surface area contributed by atoms with E-state index in [1.165, 1.54) is 0 Å². The number of aliphatic carboxylic acids is 1. The maximum absolute atomic E-state index is 11.0. The summed E-state index contributed by atoms with van der Waals surface area (Å²) in [6.07, 6.45) is 1.29. The van der Waals surface area contributed by atoms with E-state index in [0.29, 0.717) is 31.0 Å². The van der Waals surface area contributed by atoms with Crippen LogP contribution in [-0.4, -0.2) is 34.4 Å². The minimum absolute atomic E-state index is 0.241. The first kappa shape index (κ1) is 14.8. The van der Waals surface area contributed by atoms with Gasteiger partial charge in [-0.05, 0) is 37.1 Å². The molecule has 1 aliphatic rings. The van der Waals surface area contributed by atoms with Crippen molar-refractivity contribution in [2.24, 2.45) is 5.92 Å². The molecule has 0 radical (unpaired) electrons. The summed E-state index contributed by atoms with van der Waals surface area (Å²) in [5.74, 6) is -0.161. The van der Waals surface area contributed by atoms with Gasteiger partial charge in [0.25, 0.3) is 0 Å². The van der Waals surface area contributed by atoms with Crippen LogP contribution in [0, 0.1) is 5.92 Å². The Kier molecular flexibility index (Phi) is 4.24. The highest BCUT2D eigenvalue weighted by molar-refractivity contribution is 6.30. The number of anilines is 1. The molecule has 2 heterocycles. The average molecular weight is 318 g/mol.